The second-order valence-electron chi connectivity index (χ2n) is 3.51. The Kier molecular flexibility index (Phi) is 1.98. The topological polar surface area (TPSA) is 21.6 Å². The molecule has 0 spiro atoms. The number of hydrogen-bond acceptors (Lipinski definition) is 2. The molecule has 2 aliphatic rings. The number of nitrogens with zero attached hydrogens (tertiary/aromatic N) is 1. The summed E-state index contributed by atoms with van der Waals surface area (Å²) in [4.78, 5) is 4.95. The molecule has 2 rings (SSSR count). The minimum atomic E-state index is 0.793. The van der Waals surface area contributed by atoms with Crippen molar-refractivity contribution < 1.29 is 4.84 Å². The second-order valence-corrected chi connectivity index (χ2v) is 3.51. The van der Waals surface area contributed by atoms with E-state index < -0.39 is 0 Å². The molecular weight excluding hydrogens is 150 g/mol. The summed E-state index contributed by atoms with van der Waals surface area (Å²) < 4.78 is 0. The highest BCUT2D eigenvalue weighted by atomic mass is 16.6. The van der Waals surface area contributed by atoms with Crippen LogP contribution in [0.2, 0.25) is 0 Å². The molecule has 12 heavy (non-hydrogen) atoms. The molecule has 1 saturated carbocycles. The lowest BCUT2D eigenvalue weighted by molar-refractivity contribution is 0.267. The molecule has 1 unspecified atom stereocenters. The van der Waals surface area contributed by atoms with Crippen LogP contribution in [0, 0.1) is 5.92 Å². The minimum absolute atomic E-state index is 0.793. The van der Waals surface area contributed by atoms with Gasteiger partial charge < -0.3 is 4.84 Å². The fraction of sp³-hybridized carbons (Fsp3) is 0.500. The van der Waals surface area contributed by atoms with Gasteiger partial charge in [0.1, 0.15) is 6.26 Å². The Morgan fingerprint density at radius 3 is 3.42 bits per heavy atom. The maximum atomic E-state index is 4.95. The standard InChI is InChI=1S/C10H13NO/c1-8-4-5-10-9(7-8)3-2-6-12-11-10/h2-3,6,8H,4-5,7H2,1H3. The maximum Gasteiger partial charge on any atom is 0.122 e. The zero-order chi connectivity index (χ0) is 8.39. The van der Waals surface area contributed by atoms with Gasteiger partial charge in [-0.05, 0) is 36.8 Å². The fourth-order valence-electron chi connectivity index (χ4n) is 1.69. The number of fused-ring (bicyclic) bond motifs is 1. The average molecular weight is 163 g/mol. The van der Waals surface area contributed by atoms with Gasteiger partial charge in [-0.2, -0.15) is 0 Å². The number of hydrogen-bond donors (Lipinski definition) is 0. The van der Waals surface area contributed by atoms with E-state index >= 15 is 0 Å². The Morgan fingerprint density at radius 1 is 1.58 bits per heavy atom. The Morgan fingerprint density at radius 2 is 2.50 bits per heavy atom. The first-order valence-electron chi connectivity index (χ1n) is 4.45. The molecule has 0 radical (unpaired) electrons. The summed E-state index contributed by atoms with van der Waals surface area (Å²) in [5.74, 6) is 0.793. The molecule has 0 aromatic rings. The van der Waals surface area contributed by atoms with Crippen LogP contribution in [0.4, 0.5) is 0 Å². The molecule has 2 heteroatoms. The van der Waals surface area contributed by atoms with Crippen molar-refractivity contribution in [3.05, 3.63) is 24.0 Å². The largest absolute Gasteiger partial charge is 0.365 e. The predicted molar refractivity (Wildman–Crippen MR) is 48.8 cm³/mol. The summed E-state index contributed by atoms with van der Waals surface area (Å²) in [7, 11) is 0. The summed E-state index contributed by atoms with van der Waals surface area (Å²) in [6.45, 7) is 2.28. The van der Waals surface area contributed by atoms with Crippen molar-refractivity contribution in [1.82, 2.24) is 0 Å². The Labute approximate surface area is 72.6 Å². The first kappa shape index (κ1) is 7.59. The molecule has 1 atom stereocenters. The van der Waals surface area contributed by atoms with Gasteiger partial charge in [-0.25, -0.2) is 0 Å². The molecule has 1 heterocycles. The molecule has 0 aromatic heterocycles. The van der Waals surface area contributed by atoms with E-state index in [1.807, 2.05) is 6.08 Å². The van der Waals surface area contributed by atoms with E-state index in [9.17, 15) is 0 Å². The summed E-state index contributed by atoms with van der Waals surface area (Å²) in [5.41, 5.74) is 2.49. The molecule has 0 saturated heterocycles. The minimum Gasteiger partial charge on any atom is -0.365 e. The molecule has 1 aliphatic heterocycles. The molecule has 2 nitrogen and oxygen atoms in total. The van der Waals surface area contributed by atoms with Crippen LogP contribution in [0.5, 0.6) is 0 Å². The zero-order valence-electron chi connectivity index (χ0n) is 7.29. The van der Waals surface area contributed by atoms with E-state index in [-0.39, 0.29) is 0 Å². The number of allylic oxidation sites excluding steroid dienone is 3. The smallest absolute Gasteiger partial charge is 0.122 e. The first-order chi connectivity index (χ1) is 5.86. The quantitative estimate of drug-likeness (QED) is 0.538. The van der Waals surface area contributed by atoms with Crippen LogP contribution in [-0.2, 0) is 4.84 Å². The van der Waals surface area contributed by atoms with Gasteiger partial charge in [0, 0.05) is 0 Å². The van der Waals surface area contributed by atoms with Gasteiger partial charge in [-0.15, -0.1) is 0 Å². The van der Waals surface area contributed by atoms with Crippen molar-refractivity contribution in [1.29, 1.82) is 0 Å². The SMILES string of the molecule is CC1CCC2=NOC=CC=C2C1. The van der Waals surface area contributed by atoms with E-state index in [2.05, 4.69) is 18.2 Å². The lowest BCUT2D eigenvalue weighted by Crippen LogP contribution is -2.14. The number of rotatable bonds is 0. The van der Waals surface area contributed by atoms with E-state index in [4.69, 9.17) is 4.84 Å². The highest BCUT2D eigenvalue weighted by Gasteiger charge is 2.19. The summed E-state index contributed by atoms with van der Waals surface area (Å²) in [6.07, 6.45) is 9.11. The lowest BCUT2D eigenvalue weighted by Gasteiger charge is -2.20. The molecule has 0 amide bonds. The molecule has 0 N–H and O–H groups in total. The number of oxime groups is 1. The van der Waals surface area contributed by atoms with E-state index in [0.717, 1.165) is 24.5 Å². The van der Waals surface area contributed by atoms with Crippen molar-refractivity contribution in [2.24, 2.45) is 11.1 Å². The molecule has 0 bridgehead atoms. The molecule has 1 aliphatic carbocycles. The van der Waals surface area contributed by atoms with Crippen LogP contribution in [0.1, 0.15) is 26.2 Å². The van der Waals surface area contributed by atoms with E-state index in [0.29, 0.717) is 0 Å². The summed E-state index contributed by atoms with van der Waals surface area (Å²) in [6, 6.07) is 0. The molecule has 0 aromatic carbocycles. The van der Waals surface area contributed by atoms with Crippen LogP contribution in [-0.4, -0.2) is 5.71 Å². The third kappa shape index (κ3) is 1.42. The third-order valence-corrected chi connectivity index (χ3v) is 2.41. The zero-order valence-corrected chi connectivity index (χ0v) is 7.29. The highest BCUT2D eigenvalue weighted by Crippen LogP contribution is 2.27. The van der Waals surface area contributed by atoms with Crippen LogP contribution >= 0.6 is 0 Å². The normalized spacial score (nSPS) is 27.9. The van der Waals surface area contributed by atoms with Gasteiger partial charge in [0.15, 0.2) is 0 Å². The predicted octanol–water partition coefficient (Wildman–Crippen LogP) is 2.63. The van der Waals surface area contributed by atoms with Gasteiger partial charge in [0.05, 0.1) is 5.71 Å². The van der Waals surface area contributed by atoms with Gasteiger partial charge in [0.25, 0.3) is 0 Å². The van der Waals surface area contributed by atoms with E-state index in [1.165, 1.54) is 12.0 Å². The Bertz CT molecular complexity index is 263. The van der Waals surface area contributed by atoms with Gasteiger partial charge >= 0.3 is 0 Å². The Balaban J connectivity index is 2.23. The van der Waals surface area contributed by atoms with E-state index in [1.54, 1.807) is 6.26 Å². The maximum absolute atomic E-state index is 4.95. The van der Waals surface area contributed by atoms with Crippen molar-refractivity contribution in [2.75, 3.05) is 0 Å². The molecule has 1 fully saturated rings. The monoisotopic (exact) mass is 163 g/mol. The van der Waals surface area contributed by atoms with Gasteiger partial charge in [0.2, 0.25) is 0 Å². The average Bonchev–Trinajstić information content (AvgIpc) is 2.28. The van der Waals surface area contributed by atoms with Crippen LogP contribution < -0.4 is 0 Å². The summed E-state index contributed by atoms with van der Waals surface area (Å²) in [5, 5.41) is 4.04. The van der Waals surface area contributed by atoms with Crippen molar-refractivity contribution >= 4 is 5.71 Å². The first-order valence-corrected chi connectivity index (χ1v) is 4.45. The molecular formula is C10H13NO. The van der Waals surface area contributed by atoms with Crippen molar-refractivity contribution in [3.63, 3.8) is 0 Å². The highest BCUT2D eigenvalue weighted by molar-refractivity contribution is 6.00. The van der Waals surface area contributed by atoms with Crippen molar-refractivity contribution in [3.8, 4) is 0 Å². The lowest BCUT2D eigenvalue weighted by atomic mass is 9.85. The third-order valence-electron chi connectivity index (χ3n) is 2.41. The molecule has 64 valence electrons. The van der Waals surface area contributed by atoms with Gasteiger partial charge in [-0.3, -0.25) is 0 Å². The Hall–Kier alpha value is -1.05. The second kappa shape index (κ2) is 3.13. The van der Waals surface area contributed by atoms with Crippen LogP contribution in [0.3, 0.4) is 0 Å². The van der Waals surface area contributed by atoms with Crippen LogP contribution in [0.25, 0.3) is 0 Å². The fourth-order valence-corrected chi connectivity index (χ4v) is 1.69. The summed E-state index contributed by atoms with van der Waals surface area (Å²) >= 11 is 0. The van der Waals surface area contributed by atoms with Crippen LogP contribution in [0.15, 0.2) is 29.1 Å². The van der Waals surface area contributed by atoms with Crippen molar-refractivity contribution in [2.45, 2.75) is 26.2 Å². The van der Waals surface area contributed by atoms with Gasteiger partial charge in [-0.1, -0.05) is 18.2 Å².